The Labute approximate surface area is 338 Å². The Morgan fingerprint density at radius 2 is 1.67 bits per heavy atom. The van der Waals surface area contributed by atoms with Crippen LogP contribution in [0.3, 0.4) is 0 Å². The van der Waals surface area contributed by atoms with Crippen molar-refractivity contribution >= 4 is 46.5 Å². The number of ketones is 1. The average molecular weight is 807 g/mol. The van der Waals surface area contributed by atoms with E-state index in [2.05, 4.69) is 29.0 Å². The van der Waals surface area contributed by atoms with Gasteiger partial charge in [0.1, 0.15) is 5.54 Å². The normalized spacial score (nSPS) is 26.1. The van der Waals surface area contributed by atoms with Crippen molar-refractivity contribution in [2.45, 2.75) is 122 Å². The topological polar surface area (TPSA) is 117 Å². The van der Waals surface area contributed by atoms with Gasteiger partial charge >= 0.3 is 6.18 Å². The van der Waals surface area contributed by atoms with E-state index in [1.54, 1.807) is 19.9 Å². The molecule has 1 aliphatic carbocycles. The maximum Gasteiger partial charge on any atom is 0.417 e. The van der Waals surface area contributed by atoms with Gasteiger partial charge in [0.05, 0.1) is 29.4 Å². The number of amides is 3. The molecule has 3 heterocycles. The van der Waals surface area contributed by atoms with E-state index in [1.165, 1.54) is 11.0 Å². The number of nitriles is 1. The molecule has 0 bridgehead atoms. The van der Waals surface area contributed by atoms with E-state index in [4.69, 9.17) is 12.2 Å². The first kappa shape index (κ1) is 42.4. The molecule has 1 saturated carbocycles. The molecule has 3 saturated heterocycles. The molecule has 3 aliphatic heterocycles. The summed E-state index contributed by atoms with van der Waals surface area (Å²) < 4.78 is 41.2. The lowest BCUT2D eigenvalue weighted by Gasteiger charge is -2.44. The predicted octanol–water partition coefficient (Wildman–Crippen LogP) is 6.43. The number of carbonyl (C=O) groups excluding carboxylic acids is 4. The summed E-state index contributed by atoms with van der Waals surface area (Å²) in [4.78, 5) is 58.6. The smallest absolute Gasteiger partial charge is 0.331 e. The minimum Gasteiger partial charge on any atom is -0.331 e. The van der Waals surface area contributed by atoms with Crippen molar-refractivity contribution in [3.05, 3.63) is 64.7 Å². The third-order valence-corrected chi connectivity index (χ3v) is 12.8. The molecule has 3 amide bonds. The molecule has 0 spiro atoms. The Hall–Kier alpha value is -4.19. The minimum absolute atomic E-state index is 0.00238. The van der Waals surface area contributed by atoms with Crippen LogP contribution < -0.4 is 10.2 Å². The summed E-state index contributed by atoms with van der Waals surface area (Å²) in [6, 6.07) is 13.2. The molecular weight excluding hydrogens is 754 g/mol. The van der Waals surface area contributed by atoms with Crippen molar-refractivity contribution in [3.63, 3.8) is 0 Å². The van der Waals surface area contributed by atoms with E-state index >= 15 is 0 Å². The third-order valence-electron chi connectivity index (χ3n) is 12.4. The molecule has 0 radical (unpaired) electrons. The number of nitrogens with zero attached hydrogens (tertiary/aromatic N) is 5. The Morgan fingerprint density at radius 3 is 2.32 bits per heavy atom. The molecule has 3 atom stereocenters. The number of hydrogen-bond acceptors (Lipinski definition) is 8. The summed E-state index contributed by atoms with van der Waals surface area (Å²) in [5.74, 6) is -0.357. The van der Waals surface area contributed by atoms with Crippen LogP contribution in [0.5, 0.6) is 0 Å². The first-order valence-corrected chi connectivity index (χ1v) is 20.6. The monoisotopic (exact) mass is 806 g/mol. The van der Waals surface area contributed by atoms with Gasteiger partial charge in [-0.2, -0.15) is 18.4 Å². The molecule has 306 valence electrons. The van der Waals surface area contributed by atoms with E-state index in [0.717, 1.165) is 81.4 Å². The quantitative estimate of drug-likeness (QED) is 0.192. The van der Waals surface area contributed by atoms with Crippen LogP contribution in [-0.4, -0.2) is 93.2 Å². The van der Waals surface area contributed by atoms with Gasteiger partial charge in [-0.15, -0.1) is 0 Å². The molecule has 0 aromatic heterocycles. The fourth-order valence-corrected chi connectivity index (χ4v) is 10.0. The molecule has 6 rings (SSSR count). The standard InChI is InChI=1S/C43H53F3N6O4S/c1-27-24-49(25-28(2)50(27)26-36(53)21-31-8-5-7-30(19-31)20-32-13-17-38(54)48-39(32)55)18-6-9-29-10-14-34(15-11-29)52-41(57)51(40(56)42(52,3)4)35-16-12-33(23-47)37(22-35)43(44,45)46/h5,7-8,12,16,19,22,27-29,32,34H,6,9-11,13-15,17-18,20-21,24-26H2,1-4H3,(H,48,54,55)/t27-,28+,29?,32-,34?/m1/s1. The largest absolute Gasteiger partial charge is 0.417 e. The third kappa shape index (κ3) is 9.58. The van der Waals surface area contributed by atoms with Crippen molar-refractivity contribution < 1.29 is 32.3 Å². The molecule has 4 aliphatic rings. The van der Waals surface area contributed by atoms with E-state index in [0.29, 0.717) is 38.1 Å². The number of rotatable bonds is 12. The van der Waals surface area contributed by atoms with Crippen LogP contribution in [0.1, 0.15) is 101 Å². The van der Waals surface area contributed by atoms with Crippen LogP contribution in [0.4, 0.5) is 18.9 Å². The van der Waals surface area contributed by atoms with E-state index < -0.39 is 22.8 Å². The van der Waals surface area contributed by atoms with E-state index in [1.807, 2.05) is 29.2 Å². The number of nitrogens with one attached hydrogen (secondary N) is 1. The number of thiocarbonyl (C=S) groups is 1. The van der Waals surface area contributed by atoms with Gasteiger partial charge < -0.3 is 9.80 Å². The van der Waals surface area contributed by atoms with Crippen LogP contribution >= 0.6 is 12.2 Å². The van der Waals surface area contributed by atoms with Crippen LogP contribution in [-0.2, 0) is 38.2 Å². The fraction of sp³-hybridized carbons (Fsp3) is 0.581. The average Bonchev–Trinajstić information content (AvgIpc) is 3.32. The molecule has 1 N–H and O–H groups in total. The number of carbonyl (C=O) groups is 4. The van der Waals surface area contributed by atoms with Gasteiger partial charge in [0, 0.05) is 50.0 Å². The first-order chi connectivity index (χ1) is 27.0. The zero-order valence-corrected chi connectivity index (χ0v) is 34.1. The maximum atomic E-state index is 13.7. The van der Waals surface area contributed by atoms with Crippen molar-refractivity contribution in [1.82, 2.24) is 20.0 Å². The summed E-state index contributed by atoms with van der Waals surface area (Å²) >= 11 is 5.77. The lowest BCUT2D eigenvalue weighted by atomic mass is 9.82. The molecule has 0 unspecified atom stereocenters. The second-order valence-corrected chi connectivity index (χ2v) is 17.4. The van der Waals surface area contributed by atoms with Crippen LogP contribution in [0.2, 0.25) is 0 Å². The van der Waals surface area contributed by atoms with Crippen molar-refractivity contribution in [3.8, 4) is 6.07 Å². The summed E-state index contributed by atoms with van der Waals surface area (Å²) in [7, 11) is 0. The second kappa shape index (κ2) is 17.3. The van der Waals surface area contributed by atoms with E-state index in [9.17, 15) is 37.6 Å². The number of imide groups is 1. The number of piperazine rings is 1. The predicted molar refractivity (Wildman–Crippen MR) is 214 cm³/mol. The second-order valence-electron chi connectivity index (χ2n) is 17.0. The SMILES string of the molecule is C[C@@H]1CN(CCCC2CCC(N3C(=S)N(c4ccc(C#N)c(C(F)(F)F)c4)C(=O)C3(C)C)CC2)C[C@H](C)N1CC(=O)Cc1cccc(C[C@H]2CCC(=O)NC2=O)c1. The fourth-order valence-electron chi connectivity index (χ4n) is 9.48. The van der Waals surface area contributed by atoms with Gasteiger partial charge in [0.15, 0.2) is 10.9 Å². The number of Topliss-reactive ketones (excluding diaryl/α,β-unsaturated/α-hetero) is 1. The lowest BCUT2D eigenvalue weighted by Crippen LogP contribution is -2.58. The summed E-state index contributed by atoms with van der Waals surface area (Å²) in [5.41, 5.74) is -0.663. The van der Waals surface area contributed by atoms with Crippen molar-refractivity contribution in [1.29, 1.82) is 5.26 Å². The number of piperidine rings is 1. The number of halogens is 3. The van der Waals surface area contributed by atoms with Gasteiger partial charge in [-0.25, -0.2) is 0 Å². The lowest BCUT2D eigenvalue weighted by molar-refractivity contribution is -0.138. The summed E-state index contributed by atoms with van der Waals surface area (Å²) in [5, 5.41) is 11.9. The van der Waals surface area contributed by atoms with Gasteiger partial charge in [-0.3, -0.25) is 34.3 Å². The van der Waals surface area contributed by atoms with Gasteiger partial charge in [-0.1, -0.05) is 24.3 Å². The first-order valence-electron chi connectivity index (χ1n) is 20.2. The number of benzene rings is 2. The highest BCUT2D eigenvalue weighted by molar-refractivity contribution is 7.80. The molecule has 57 heavy (non-hydrogen) atoms. The zero-order valence-electron chi connectivity index (χ0n) is 33.2. The van der Waals surface area contributed by atoms with E-state index in [-0.39, 0.29) is 58.3 Å². The Balaban J connectivity index is 0.943. The number of alkyl halides is 3. The Bertz CT molecular complexity index is 1910. The van der Waals surface area contributed by atoms with Crippen molar-refractivity contribution in [2.75, 3.05) is 31.1 Å². The zero-order chi connectivity index (χ0) is 41.2. The van der Waals surface area contributed by atoms with Crippen LogP contribution in [0.15, 0.2) is 42.5 Å². The number of anilines is 1. The van der Waals surface area contributed by atoms with Gasteiger partial charge in [0.25, 0.3) is 5.91 Å². The highest BCUT2D eigenvalue weighted by Crippen LogP contribution is 2.41. The highest BCUT2D eigenvalue weighted by atomic mass is 32.1. The van der Waals surface area contributed by atoms with Crippen LogP contribution in [0, 0.1) is 23.2 Å². The molecule has 10 nitrogen and oxygen atoms in total. The Morgan fingerprint density at radius 1 is 0.982 bits per heavy atom. The Kier molecular flexibility index (Phi) is 12.9. The number of hydrogen-bond donors (Lipinski definition) is 1. The molecule has 4 fully saturated rings. The van der Waals surface area contributed by atoms with Gasteiger partial charge in [-0.05, 0) is 133 Å². The van der Waals surface area contributed by atoms with Gasteiger partial charge in [0.2, 0.25) is 11.8 Å². The summed E-state index contributed by atoms with van der Waals surface area (Å²) in [6.07, 6.45) is 2.80. The molecule has 2 aromatic carbocycles. The molecular formula is C43H53F3N6O4S. The summed E-state index contributed by atoms with van der Waals surface area (Å²) in [6.45, 7) is 11.1. The maximum absolute atomic E-state index is 13.7. The molecule has 14 heteroatoms. The van der Waals surface area contributed by atoms with Crippen LogP contribution in [0.25, 0.3) is 0 Å². The highest BCUT2D eigenvalue weighted by Gasteiger charge is 2.52. The molecule has 2 aromatic rings. The minimum atomic E-state index is -4.75. The van der Waals surface area contributed by atoms with Crippen molar-refractivity contribution in [2.24, 2.45) is 11.8 Å².